The van der Waals surface area contributed by atoms with E-state index in [2.05, 4.69) is 231 Å². The number of nitrogens with zero attached hydrogens (tertiary/aromatic N) is 1. The molecule has 2 heteroatoms. The largest absolute Gasteiger partial charge is 0.454 e. The van der Waals surface area contributed by atoms with Crippen molar-refractivity contribution in [3.63, 3.8) is 0 Å². The van der Waals surface area contributed by atoms with Gasteiger partial charge in [-0.3, -0.25) is 0 Å². The van der Waals surface area contributed by atoms with Gasteiger partial charge in [0.1, 0.15) is 5.58 Å². The Kier molecular flexibility index (Phi) is 7.13. The summed E-state index contributed by atoms with van der Waals surface area (Å²) in [4.78, 5) is 2.47. The minimum Gasteiger partial charge on any atom is -0.454 e. The fourth-order valence-electron chi connectivity index (χ4n) is 12.2. The number of para-hydroxylation sites is 1. The first-order chi connectivity index (χ1) is 31.5. The average Bonchev–Trinajstić information content (AvgIpc) is 4.04. The van der Waals surface area contributed by atoms with Crippen molar-refractivity contribution in [1.82, 2.24) is 0 Å². The lowest BCUT2D eigenvalue weighted by Crippen LogP contribution is -2.26. The number of rotatable bonds is 4. The maximum absolute atomic E-state index is 7.25. The summed E-state index contributed by atoms with van der Waals surface area (Å²) in [5.74, 6) is 0. The first-order valence-corrected chi connectivity index (χ1v) is 22.4. The lowest BCUT2D eigenvalue weighted by atomic mass is 9.70. The molecule has 10 aromatic carbocycles. The first kappa shape index (κ1) is 35.6. The highest BCUT2D eigenvalue weighted by Crippen LogP contribution is 2.63. The molecule has 0 aliphatic heterocycles. The second kappa shape index (κ2) is 12.8. The van der Waals surface area contributed by atoms with Crippen molar-refractivity contribution < 1.29 is 4.42 Å². The van der Waals surface area contributed by atoms with Gasteiger partial charge in [0.15, 0.2) is 5.58 Å². The molecule has 11 aromatic rings. The molecule has 1 spiro atoms. The lowest BCUT2D eigenvalue weighted by molar-refractivity contribution is 0.660. The molecule has 0 fully saturated rings. The van der Waals surface area contributed by atoms with Gasteiger partial charge in [0.2, 0.25) is 0 Å². The van der Waals surface area contributed by atoms with Crippen molar-refractivity contribution in [2.24, 2.45) is 0 Å². The van der Waals surface area contributed by atoms with Gasteiger partial charge in [-0.05, 0) is 125 Å². The Morgan fingerprint density at radius 1 is 0.359 bits per heavy atom. The SMILES string of the molecule is CC1(C)c2ccccc2-c2ccc(N(c3ccc4c(c3)C3(c5ccccc5-c5ccccc53)c3ccccc3-4)c3cccc4c3oc3cc(-c5ccccc5)c5ccccc5c34)cc21. The van der Waals surface area contributed by atoms with Gasteiger partial charge >= 0.3 is 0 Å². The second-order valence-electron chi connectivity index (χ2n) is 18.3. The highest BCUT2D eigenvalue weighted by molar-refractivity contribution is 6.23. The predicted octanol–water partition coefficient (Wildman–Crippen LogP) is 16.5. The van der Waals surface area contributed by atoms with Crippen LogP contribution in [-0.2, 0) is 10.8 Å². The average molecular weight is 816 g/mol. The monoisotopic (exact) mass is 815 g/mol. The van der Waals surface area contributed by atoms with E-state index < -0.39 is 5.41 Å². The van der Waals surface area contributed by atoms with Crippen LogP contribution >= 0.6 is 0 Å². The zero-order valence-electron chi connectivity index (χ0n) is 35.6. The number of hydrogen-bond donors (Lipinski definition) is 0. The van der Waals surface area contributed by atoms with Gasteiger partial charge in [-0.25, -0.2) is 0 Å². The molecule has 64 heavy (non-hydrogen) atoms. The molecule has 0 saturated carbocycles. The number of fused-ring (bicyclic) bond motifs is 18. The second-order valence-corrected chi connectivity index (χ2v) is 18.3. The van der Waals surface area contributed by atoms with E-state index in [1.165, 1.54) is 88.7 Å². The Hall–Kier alpha value is -7.94. The van der Waals surface area contributed by atoms with Crippen LogP contribution in [0.15, 0.2) is 217 Å². The third kappa shape index (κ3) is 4.54. The molecule has 300 valence electrons. The molecule has 14 rings (SSSR count). The van der Waals surface area contributed by atoms with Gasteiger partial charge in [-0.2, -0.15) is 0 Å². The molecular formula is C62H41NO. The fourth-order valence-corrected chi connectivity index (χ4v) is 12.2. The van der Waals surface area contributed by atoms with E-state index in [4.69, 9.17) is 4.42 Å². The maximum atomic E-state index is 7.25. The smallest absolute Gasteiger partial charge is 0.159 e. The van der Waals surface area contributed by atoms with Crippen LogP contribution in [0.4, 0.5) is 17.1 Å². The number of benzene rings is 10. The topological polar surface area (TPSA) is 16.4 Å². The maximum Gasteiger partial charge on any atom is 0.159 e. The van der Waals surface area contributed by atoms with E-state index in [1.54, 1.807) is 0 Å². The Morgan fingerprint density at radius 3 is 1.48 bits per heavy atom. The van der Waals surface area contributed by atoms with Crippen LogP contribution in [-0.4, -0.2) is 0 Å². The minimum absolute atomic E-state index is 0.174. The van der Waals surface area contributed by atoms with Crippen LogP contribution in [0, 0.1) is 0 Å². The van der Waals surface area contributed by atoms with Crippen molar-refractivity contribution in [1.29, 1.82) is 0 Å². The molecule has 0 amide bonds. The van der Waals surface area contributed by atoms with Gasteiger partial charge in [0, 0.05) is 27.6 Å². The molecule has 0 radical (unpaired) electrons. The Bertz CT molecular complexity index is 3710. The quantitative estimate of drug-likeness (QED) is 0.176. The molecule has 0 saturated heterocycles. The van der Waals surface area contributed by atoms with Crippen LogP contribution in [0.25, 0.3) is 77.2 Å². The number of hydrogen-bond acceptors (Lipinski definition) is 2. The molecular weight excluding hydrogens is 775 g/mol. The third-order valence-electron chi connectivity index (χ3n) is 14.9. The van der Waals surface area contributed by atoms with E-state index in [1.807, 2.05) is 0 Å². The van der Waals surface area contributed by atoms with Gasteiger partial charge in [-0.1, -0.05) is 190 Å². The Labute approximate surface area is 372 Å². The van der Waals surface area contributed by atoms with Gasteiger partial charge < -0.3 is 9.32 Å². The van der Waals surface area contributed by atoms with E-state index >= 15 is 0 Å². The number of furan rings is 1. The standard InChI is InChI=1S/C62H41NO/c1-61(2)51-26-12-8-20-42(51)46-33-31-39(35-55(46)61)63(57-30-16-25-49-59-48-24-7-6-19-41(48)50(37-58(59)64-60(49)57)38-17-4-3-5-18-38)40-32-34-47-45-23-11-15-29-54(45)62(56(47)36-40)52-27-13-9-21-43(52)44-22-10-14-28-53(44)62/h3-37H,1-2H3. The van der Waals surface area contributed by atoms with Gasteiger partial charge in [0.05, 0.1) is 11.1 Å². The van der Waals surface area contributed by atoms with E-state index in [9.17, 15) is 0 Å². The first-order valence-electron chi connectivity index (χ1n) is 22.4. The van der Waals surface area contributed by atoms with Gasteiger partial charge in [0.25, 0.3) is 0 Å². The van der Waals surface area contributed by atoms with Crippen LogP contribution in [0.5, 0.6) is 0 Å². The Morgan fingerprint density at radius 2 is 0.844 bits per heavy atom. The molecule has 1 aromatic heterocycles. The van der Waals surface area contributed by atoms with Crippen molar-refractivity contribution in [2.45, 2.75) is 24.7 Å². The summed E-state index contributed by atoms with van der Waals surface area (Å²) in [6, 6.07) is 78.8. The zero-order chi connectivity index (χ0) is 42.3. The van der Waals surface area contributed by atoms with Crippen LogP contribution in [0.3, 0.4) is 0 Å². The van der Waals surface area contributed by atoms with Gasteiger partial charge in [-0.15, -0.1) is 0 Å². The van der Waals surface area contributed by atoms with Crippen molar-refractivity contribution in [2.75, 3.05) is 4.90 Å². The van der Waals surface area contributed by atoms with E-state index in [0.29, 0.717) is 0 Å². The van der Waals surface area contributed by atoms with Crippen LogP contribution in [0.1, 0.15) is 47.2 Å². The zero-order valence-corrected chi connectivity index (χ0v) is 35.6. The fraction of sp³-hybridized carbons (Fsp3) is 0.0645. The van der Waals surface area contributed by atoms with E-state index in [-0.39, 0.29) is 5.41 Å². The summed E-state index contributed by atoms with van der Waals surface area (Å²) >= 11 is 0. The molecule has 0 bridgehead atoms. The molecule has 3 aliphatic carbocycles. The predicted molar refractivity (Wildman–Crippen MR) is 265 cm³/mol. The summed E-state index contributed by atoms with van der Waals surface area (Å²) in [7, 11) is 0. The van der Waals surface area contributed by atoms with E-state index in [0.717, 1.165) is 39.0 Å². The highest BCUT2D eigenvalue weighted by atomic mass is 16.3. The molecule has 2 nitrogen and oxygen atoms in total. The van der Waals surface area contributed by atoms with Crippen molar-refractivity contribution >= 4 is 49.8 Å². The summed E-state index contributed by atoms with van der Waals surface area (Å²) in [6.45, 7) is 4.74. The van der Waals surface area contributed by atoms with Crippen LogP contribution < -0.4 is 4.90 Å². The summed E-state index contributed by atoms with van der Waals surface area (Å²) in [6.07, 6.45) is 0. The van der Waals surface area contributed by atoms with Crippen molar-refractivity contribution in [3.05, 3.63) is 246 Å². The molecule has 0 N–H and O–H groups in total. The van der Waals surface area contributed by atoms with Crippen molar-refractivity contribution in [3.8, 4) is 44.5 Å². The Balaban J connectivity index is 1.06. The molecule has 1 heterocycles. The third-order valence-corrected chi connectivity index (χ3v) is 14.9. The molecule has 0 atom stereocenters. The molecule has 3 aliphatic rings. The summed E-state index contributed by atoms with van der Waals surface area (Å²) in [5, 5.41) is 4.65. The van der Waals surface area contributed by atoms with Crippen LogP contribution in [0.2, 0.25) is 0 Å². The summed E-state index contributed by atoms with van der Waals surface area (Å²) in [5.41, 5.74) is 22.4. The minimum atomic E-state index is -0.472. The number of anilines is 3. The normalized spacial score (nSPS) is 14.3. The summed E-state index contributed by atoms with van der Waals surface area (Å²) < 4.78 is 7.25. The highest BCUT2D eigenvalue weighted by Gasteiger charge is 2.51. The molecule has 0 unspecified atom stereocenters. The lowest BCUT2D eigenvalue weighted by Gasteiger charge is -2.32.